The van der Waals surface area contributed by atoms with Gasteiger partial charge >= 0.3 is 11.9 Å². The van der Waals surface area contributed by atoms with Crippen LogP contribution in [0.5, 0.6) is 0 Å². The van der Waals surface area contributed by atoms with Crippen molar-refractivity contribution in [2.75, 3.05) is 6.61 Å². The first kappa shape index (κ1) is 28.2. The number of hydrogen-bond acceptors (Lipinski definition) is 4. The van der Waals surface area contributed by atoms with E-state index in [1.165, 1.54) is 38.5 Å². The number of ether oxygens (including phenoxy) is 2. The summed E-state index contributed by atoms with van der Waals surface area (Å²) in [5.74, 6) is 1.59. The Balaban J connectivity index is 1.47. The lowest BCUT2D eigenvalue weighted by Crippen LogP contribution is -2.63. The summed E-state index contributed by atoms with van der Waals surface area (Å²) in [4.78, 5) is 23.6. The van der Waals surface area contributed by atoms with Crippen LogP contribution in [0.2, 0.25) is 0 Å². The lowest BCUT2D eigenvalue weighted by molar-refractivity contribution is -0.199. The summed E-state index contributed by atoms with van der Waals surface area (Å²) in [6, 6.07) is 0. The molecule has 0 aliphatic heterocycles. The van der Waals surface area contributed by atoms with Crippen LogP contribution in [0.25, 0.3) is 0 Å². The Hall–Kier alpha value is -1.32. The molecule has 0 unspecified atom stereocenters. The lowest BCUT2D eigenvalue weighted by Gasteiger charge is -2.70. The smallest absolute Gasteiger partial charge is 0.302 e. The molecule has 0 aromatic rings. The van der Waals surface area contributed by atoms with Crippen LogP contribution in [-0.2, 0) is 19.1 Å². The molecule has 38 heavy (non-hydrogen) atoms. The van der Waals surface area contributed by atoms with Gasteiger partial charge in [-0.2, -0.15) is 0 Å². The summed E-state index contributed by atoms with van der Waals surface area (Å²) >= 11 is 0. The van der Waals surface area contributed by atoms with E-state index in [0.29, 0.717) is 29.8 Å². The molecule has 0 saturated heterocycles. The minimum atomic E-state index is -0.153. The van der Waals surface area contributed by atoms with Crippen LogP contribution in [0.15, 0.2) is 11.6 Å². The molecule has 4 heteroatoms. The average molecular weight is 527 g/mol. The van der Waals surface area contributed by atoms with Gasteiger partial charge in [0.2, 0.25) is 0 Å². The molecule has 4 saturated carbocycles. The van der Waals surface area contributed by atoms with Crippen LogP contribution in [-0.4, -0.2) is 24.6 Å². The number of carbonyl (C=O) groups is 2. The molecule has 0 spiro atoms. The second-order valence-electron chi connectivity index (χ2n) is 16.3. The van der Waals surface area contributed by atoms with Crippen molar-refractivity contribution in [3.8, 4) is 0 Å². The zero-order chi connectivity index (χ0) is 27.9. The third-order valence-corrected chi connectivity index (χ3v) is 13.5. The molecule has 214 valence electrons. The molecule has 9 atom stereocenters. The molecule has 0 radical (unpaired) electrons. The molecule has 5 aliphatic carbocycles. The van der Waals surface area contributed by atoms with Gasteiger partial charge in [-0.1, -0.05) is 60.1 Å². The highest BCUT2D eigenvalue weighted by Crippen LogP contribution is 2.75. The van der Waals surface area contributed by atoms with Gasteiger partial charge in [-0.15, -0.1) is 0 Å². The molecular weight excluding hydrogens is 472 g/mol. The third-order valence-electron chi connectivity index (χ3n) is 13.5. The van der Waals surface area contributed by atoms with Crippen LogP contribution in [0.1, 0.15) is 127 Å². The van der Waals surface area contributed by atoms with Crippen LogP contribution in [0.3, 0.4) is 0 Å². The van der Waals surface area contributed by atoms with Crippen molar-refractivity contribution in [3.63, 3.8) is 0 Å². The third kappa shape index (κ3) is 4.04. The van der Waals surface area contributed by atoms with Crippen LogP contribution < -0.4 is 0 Å². The number of rotatable bonds is 3. The molecule has 4 nitrogen and oxygen atoms in total. The Morgan fingerprint density at radius 1 is 0.789 bits per heavy atom. The van der Waals surface area contributed by atoms with Crippen molar-refractivity contribution in [3.05, 3.63) is 11.6 Å². The fourth-order valence-corrected chi connectivity index (χ4v) is 11.6. The minimum absolute atomic E-state index is 0.00215. The molecule has 5 rings (SSSR count). The normalized spacial score (nSPS) is 49.3. The van der Waals surface area contributed by atoms with Crippen LogP contribution >= 0.6 is 0 Å². The summed E-state index contributed by atoms with van der Waals surface area (Å²) in [7, 11) is 0. The van der Waals surface area contributed by atoms with Gasteiger partial charge < -0.3 is 9.47 Å². The van der Waals surface area contributed by atoms with Gasteiger partial charge in [0.1, 0.15) is 6.10 Å². The number of carbonyl (C=O) groups excluding carboxylic acids is 2. The Bertz CT molecular complexity index is 1030. The minimum Gasteiger partial charge on any atom is -0.465 e. The van der Waals surface area contributed by atoms with Crippen molar-refractivity contribution < 1.29 is 19.1 Å². The van der Waals surface area contributed by atoms with E-state index < -0.39 is 0 Å². The topological polar surface area (TPSA) is 52.6 Å². The molecule has 0 bridgehead atoms. The zero-order valence-electron chi connectivity index (χ0n) is 25.8. The highest BCUT2D eigenvalue weighted by atomic mass is 16.5. The number of allylic oxidation sites excluding steroid dienone is 2. The zero-order valence-corrected chi connectivity index (χ0v) is 25.8. The standard InChI is InChI=1S/C34H54O4/c1-22(35)37-21-30(5)18-19-31(6)14-10-25-33(8)15-11-24-29(3,4)28(38-23(2)36)13-17-32(24,7)26(33)12-16-34(25,9)27(31)20-30/h10,24,26-28H,11-21H2,1-9H3/t24-,26+,27+,28-,30+,31-,32-,33-,34+/m0/s1. The van der Waals surface area contributed by atoms with Crippen LogP contribution in [0, 0.1) is 50.2 Å². The van der Waals surface area contributed by atoms with Crippen molar-refractivity contribution in [2.45, 2.75) is 133 Å². The summed E-state index contributed by atoms with van der Waals surface area (Å²) in [6.45, 7) is 21.1. The summed E-state index contributed by atoms with van der Waals surface area (Å²) in [5.41, 5.74) is 2.89. The Labute approximate surface area is 232 Å². The van der Waals surface area contributed by atoms with E-state index in [4.69, 9.17) is 9.47 Å². The van der Waals surface area contributed by atoms with Gasteiger partial charge in [-0.25, -0.2) is 0 Å². The van der Waals surface area contributed by atoms with Crippen molar-refractivity contribution >= 4 is 11.9 Å². The van der Waals surface area contributed by atoms with Crippen molar-refractivity contribution in [2.24, 2.45) is 50.2 Å². The first-order valence-electron chi connectivity index (χ1n) is 15.5. The maximum Gasteiger partial charge on any atom is 0.302 e. The number of fused-ring (bicyclic) bond motifs is 7. The SMILES string of the molecule is CC(=O)OC[C@]1(C)CC[C@]2(C)CC=C3[C@]4(C)CC[C@H]5C(C)(C)[C@@H](OC(C)=O)CC[C@]5(C)[C@H]4CC[C@@]3(C)[C@@H]2C1. The molecule has 0 N–H and O–H groups in total. The maximum absolute atomic E-state index is 11.9. The van der Waals surface area contributed by atoms with Gasteiger partial charge in [0, 0.05) is 24.7 Å². The highest BCUT2D eigenvalue weighted by molar-refractivity contribution is 5.66. The van der Waals surface area contributed by atoms with Gasteiger partial charge in [0.15, 0.2) is 0 Å². The Kier molecular flexibility index (Phi) is 6.56. The molecular formula is C34H54O4. The fraction of sp³-hybridized carbons (Fsp3) is 0.882. The van der Waals surface area contributed by atoms with Crippen molar-refractivity contribution in [1.82, 2.24) is 0 Å². The van der Waals surface area contributed by atoms with E-state index >= 15 is 0 Å². The molecule has 0 amide bonds. The number of hydrogen-bond donors (Lipinski definition) is 0. The predicted octanol–water partition coefficient (Wildman–Crippen LogP) is 8.28. The number of esters is 2. The first-order valence-corrected chi connectivity index (χ1v) is 15.5. The molecule has 5 aliphatic rings. The summed E-state index contributed by atoms with van der Waals surface area (Å²) in [5, 5.41) is 0. The summed E-state index contributed by atoms with van der Waals surface area (Å²) in [6.07, 6.45) is 14.6. The van der Waals surface area contributed by atoms with Gasteiger partial charge in [-0.05, 0) is 104 Å². The second kappa shape index (κ2) is 8.84. The van der Waals surface area contributed by atoms with Crippen LogP contribution in [0.4, 0.5) is 0 Å². The quantitative estimate of drug-likeness (QED) is 0.274. The highest BCUT2D eigenvalue weighted by Gasteiger charge is 2.67. The monoisotopic (exact) mass is 526 g/mol. The fourth-order valence-electron chi connectivity index (χ4n) is 11.6. The summed E-state index contributed by atoms with van der Waals surface area (Å²) < 4.78 is 11.5. The molecule has 4 fully saturated rings. The molecule has 0 aromatic carbocycles. The van der Waals surface area contributed by atoms with Gasteiger partial charge in [0.05, 0.1) is 6.61 Å². The van der Waals surface area contributed by atoms with E-state index in [1.54, 1.807) is 19.4 Å². The van der Waals surface area contributed by atoms with Gasteiger partial charge in [-0.3, -0.25) is 9.59 Å². The van der Waals surface area contributed by atoms with E-state index in [1.807, 2.05) is 0 Å². The van der Waals surface area contributed by atoms with E-state index in [-0.39, 0.29) is 45.1 Å². The largest absolute Gasteiger partial charge is 0.465 e. The first-order chi connectivity index (χ1) is 17.5. The Morgan fingerprint density at radius 3 is 2.05 bits per heavy atom. The molecule has 0 heterocycles. The lowest BCUT2D eigenvalue weighted by atomic mass is 9.34. The van der Waals surface area contributed by atoms with E-state index in [9.17, 15) is 9.59 Å². The Morgan fingerprint density at radius 2 is 1.42 bits per heavy atom. The maximum atomic E-state index is 11.9. The average Bonchev–Trinajstić information content (AvgIpc) is 2.80. The van der Waals surface area contributed by atoms with E-state index in [0.717, 1.165) is 25.7 Å². The molecule has 0 aromatic heterocycles. The second-order valence-corrected chi connectivity index (χ2v) is 16.3. The van der Waals surface area contributed by atoms with Gasteiger partial charge in [0.25, 0.3) is 0 Å². The predicted molar refractivity (Wildman–Crippen MR) is 151 cm³/mol. The van der Waals surface area contributed by atoms with E-state index in [2.05, 4.69) is 54.5 Å². The van der Waals surface area contributed by atoms with Crippen molar-refractivity contribution in [1.29, 1.82) is 0 Å².